The third-order valence-corrected chi connectivity index (χ3v) is 2.42. The Bertz CT molecular complexity index is 379. The van der Waals surface area contributed by atoms with Gasteiger partial charge in [0.1, 0.15) is 5.75 Å². The third-order valence-electron chi connectivity index (χ3n) is 2.42. The summed E-state index contributed by atoms with van der Waals surface area (Å²) in [5.74, 6) is 0.671. The van der Waals surface area contributed by atoms with Crippen LogP contribution < -0.4 is 4.74 Å². The molecule has 0 aliphatic heterocycles. The highest BCUT2D eigenvalue weighted by atomic mass is 16.5. The van der Waals surface area contributed by atoms with Crippen molar-refractivity contribution in [1.82, 2.24) is 4.90 Å². The van der Waals surface area contributed by atoms with Gasteiger partial charge in [0.25, 0.3) is 0 Å². The predicted octanol–water partition coefficient (Wildman–Crippen LogP) is 2.08. The number of rotatable bonds is 7. The molecule has 1 aromatic rings. The van der Waals surface area contributed by atoms with Crippen molar-refractivity contribution >= 4 is 5.97 Å². The fourth-order valence-corrected chi connectivity index (χ4v) is 1.70. The van der Waals surface area contributed by atoms with Crippen LogP contribution in [0.1, 0.15) is 19.4 Å². The van der Waals surface area contributed by atoms with E-state index in [9.17, 15) is 4.79 Å². The number of hydrogen-bond acceptors (Lipinski definition) is 4. The van der Waals surface area contributed by atoms with E-state index >= 15 is 0 Å². The third kappa shape index (κ3) is 4.75. The van der Waals surface area contributed by atoms with Crippen LogP contribution in [0.5, 0.6) is 5.75 Å². The number of carbonyl (C=O) groups excluding carboxylic acids is 1. The number of likely N-dealkylation sites (N-methyl/N-ethyl adjacent to an activating group) is 1. The number of benzene rings is 1. The Balaban J connectivity index is 2.58. The van der Waals surface area contributed by atoms with Crippen LogP contribution in [0.15, 0.2) is 24.3 Å². The zero-order valence-corrected chi connectivity index (χ0v) is 11.3. The summed E-state index contributed by atoms with van der Waals surface area (Å²) >= 11 is 0. The first kappa shape index (κ1) is 14.5. The Morgan fingerprint density at radius 1 is 1.22 bits per heavy atom. The zero-order chi connectivity index (χ0) is 13.4. The quantitative estimate of drug-likeness (QED) is 0.695. The van der Waals surface area contributed by atoms with Crippen molar-refractivity contribution in [3.05, 3.63) is 29.8 Å². The number of ether oxygens (including phenoxy) is 2. The van der Waals surface area contributed by atoms with Crippen LogP contribution in [-0.4, -0.2) is 37.7 Å². The fraction of sp³-hybridized carbons (Fsp3) is 0.500. The highest BCUT2D eigenvalue weighted by molar-refractivity contribution is 5.71. The molecule has 100 valence electrons. The zero-order valence-electron chi connectivity index (χ0n) is 11.3. The lowest BCUT2D eigenvalue weighted by Crippen LogP contribution is -2.27. The van der Waals surface area contributed by atoms with Crippen LogP contribution in [0, 0.1) is 0 Å². The minimum absolute atomic E-state index is 0.200. The summed E-state index contributed by atoms with van der Waals surface area (Å²) in [5, 5.41) is 0. The highest BCUT2D eigenvalue weighted by Gasteiger charge is 2.10. The van der Waals surface area contributed by atoms with Gasteiger partial charge in [-0.15, -0.1) is 0 Å². The maximum absolute atomic E-state index is 11.4. The molecule has 0 saturated carbocycles. The van der Waals surface area contributed by atoms with Gasteiger partial charge >= 0.3 is 5.97 Å². The van der Waals surface area contributed by atoms with E-state index in [0.29, 0.717) is 19.8 Å². The molecule has 0 radical (unpaired) electrons. The second-order valence-corrected chi connectivity index (χ2v) is 4.02. The Hall–Kier alpha value is -1.55. The van der Waals surface area contributed by atoms with Gasteiger partial charge in [-0.25, -0.2) is 0 Å². The lowest BCUT2D eigenvalue weighted by atomic mass is 10.2. The molecule has 0 bridgehead atoms. The standard InChI is InChI=1S/C14H21NO3/c1-4-17-13-9-7-6-8-12(13)10-15(3)11-14(16)18-5-2/h6-9H,4-5,10-11H2,1-3H3. The largest absolute Gasteiger partial charge is 0.494 e. The van der Waals surface area contributed by atoms with E-state index in [-0.39, 0.29) is 12.5 Å². The molecule has 0 N–H and O–H groups in total. The van der Waals surface area contributed by atoms with Crippen LogP contribution in [0.25, 0.3) is 0 Å². The molecule has 0 fully saturated rings. The van der Waals surface area contributed by atoms with Crippen molar-refractivity contribution in [1.29, 1.82) is 0 Å². The molecule has 0 unspecified atom stereocenters. The molecule has 1 rings (SSSR count). The Kier molecular flexibility index (Phi) is 6.22. The van der Waals surface area contributed by atoms with E-state index in [1.54, 1.807) is 0 Å². The van der Waals surface area contributed by atoms with E-state index in [4.69, 9.17) is 9.47 Å². The van der Waals surface area contributed by atoms with Crippen molar-refractivity contribution in [3.63, 3.8) is 0 Å². The molecule has 0 heterocycles. The first-order chi connectivity index (χ1) is 8.67. The summed E-state index contributed by atoms with van der Waals surface area (Å²) in [4.78, 5) is 13.3. The SMILES string of the molecule is CCOC(=O)CN(C)Cc1ccccc1OCC. The molecule has 4 heteroatoms. The van der Waals surface area contributed by atoms with Crippen LogP contribution >= 0.6 is 0 Å². The molecule has 0 spiro atoms. The summed E-state index contributed by atoms with van der Waals surface area (Å²) < 4.78 is 10.5. The van der Waals surface area contributed by atoms with Gasteiger partial charge in [-0.1, -0.05) is 18.2 Å². The van der Waals surface area contributed by atoms with Gasteiger partial charge in [-0.2, -0.15) is 0 Å². The van der Waals surface area contributed by atoms with E-state index < -0.39 is 0 Å². The summed E-state index contributed by atoms with van der Waals surface area (Å²) in [5.41, 5.74) is 1.08. The van der Waals surface area contributed by atoms with Crippen LogP contribution in [0.3, 0.4) is 0 Å². The molecule has 0 saturated heterocycles. The van der Waals surface area contributed by atoms with Crippen LogP contribution in [0.4, 0.5) is 0 Å². The topological polar surface area (TPSA) is 38.8 Å². The first-order valence-corrected chi connectivity index (χ1v) is 6.22. The summed E-state index contributed by atoms with van der Waals surface area (Å²) in [6.07, 6.45) is 0. The predicted molar refractivity (Wildman–Crippen MR) is 70.6 cm³/mol. The maximum atomic E-state index is 11.4. The molecule has 1 aromatic carbocycles. The van der Waals surface area contributed by atoms with Crippen molar-refractivity contribution in [3.8, 4) is 5.75 Å². The Morgan fingerprint density at radius 3 is 2.61 bits per heavy atom. The minimum atomic E-state index is -0.200. The smallest absolute Gasteiger partial charge is 0.320 e. The number of esters is 1. The number of para-hydroxylation sites is 1. The lowest BCUT2D eigenvalue weighted by Gasteiger charge is -2.17. The van der Waals surface area contributed by atoms with Crippen LogP contribution in [0.2, 0.25) is 0 Å². The van der Waals surface area contributed by atoms with E-state index in [1.165, 1.54) is 0 Å². The van der Waals surface area contributed by atoms with Gasteiger partial charge in [0, 0.05) is 12.1 Å². The average Bonchev–Trinajstić information content (AvgIpc) is 2.32. The summed E-state index contributed by atoms with van der Waals surface area (Å²) in [6.45, 7) is 5.77. The second kappa shape index (κ2) is 7.71. The van der Waals surface area contributed by atoms with Crippen molar-refractivity contribution in [2.75, 3.05) is 26.8 Å². The first-order valence-electron chi connectivity index (χ1n) is 6.22. The maximum Gasteiger partial charge on any atom is 0.320 e. The van der Waals surface area contributed by atoms with Gasteiger partial charge in [0.2, 0.25) is 0 Å². The summed E-state index contributed by atoms with van der Waals surface area (Å²) in [7, 11) is 1.89. The molecular formula is C14H21NO3. The molecule has 0 atom stereocenters. The molecule has 0 aliphatic rings. The lowest BCUT2D eigenvalue weighted by molar-refractivity contribution is -0.144. The van der Waals surface area contributed by atoms with Crippen molar-refractivity contribution < 1.29 is 14.3 Å². The van der Waals surface area contributed by atoms with E-state index in [1.807, 2.05) is 50.1 Å². The molecule has 0 aliphatic carbocycles. The molecular weight excluding hydrogens is 230 g/mol. The Labute approximate surface area is 108 Å². The fourth-order valence-electron chi connectivity index (χ4n) is 1.70. The second-order valence-electron chi connectivity index (χ2n) is 4.02. The Morgan fingerprint density at radius 2 is 1.94 bits per heavy atom. The van der Waals surface area contributed by atoms with Gasteiger partial charge in [0.15, 0.2) is 0 Å². The normalized spacial score (nSPS) is 10.4. The van der Waals surface area contributed by atoms with Gasteiger partial charge in [-0.05, 0) is 27.0 Å². The number of hydrogen-bond donors (Lipinski definition) is 0. The minimum Gasteiger partial charge on any atom is -0.494 e. The van der Waals surface area contributed by atoms with E-state index in [2.05, 4.69) is 0 Å². The number of nitrogens with zero attached hydrogens (tertiary/aromatic N) is 1. The molecule has 4 nitrogen and oxygen atoms in total. The molecule has 18 heavy (non-hydrogen) atoms. The van der Waals surface area contributed by atoms with Gasteiger partial charge < -0.3 is 9.47 Å². The van der Waals surface area contributed by atoms with Gasteiger partial charge in [0.05, 0.1) is 19.8 Å². The monoisotopic (exact) mass is 251 g/mol. The van der Waals surface area contributed by atoms with Crippen LogP contribution in [-0.2, 0) is 16.1 Å². The molecule has 0 aromatic heterocycles. The van der Waals surface area contributed by atoms with E-state index in [0.717, 1.165) is 11.3 Å². The highest BCUT2D eigenvalue weighted by Crippen LogP contribution is 2.19. The molecule has 0 amide bonds. The van der Waals surface area contributed by atoms with Crippen molar-refractivity contribution in [2.45, 2.75) is 20.4 Å². The van der Waals surface area contributed by atoms with Gasteiger partial charge in [-0.3, -0.25) is 9.69 Å². The van der Waals surface area contributed by atoms with Crippen molar-refractivity contribution in [2.24, 2.45) is 0 Å². The number of carbonyl (C=O) groups is 1. The summed E-state index contributed by atoms with van der Waals surface area (Å²) in [6, 6.07) is 7.86. The average molecular weight is 251 g/mol.